The monoisotopic (exact) mass is 527 g/mol. The number of carbonyl (C=O) groups excluding carboxylic acids is 1. The molecule has 4 nitrogen and oxygen atoms in total. The lowest BCUT2D eigenvalue weighted by atomic mass is 10.0. The van der Waals surface area contributed by atoms with Crippen LogP contribution < -0.4 is 5.32 Å². The van der Waals surface area contributed by atoms with E-state index in [2.05, 4.69) is 59.4 Å². The fraction of sp³-hybridized carbons (Fsp3) is 0.107. The van der Waals surface area contributed by atoms with E-state index in [9.17, 15) is 4.79 Å². The predicted molar refractivity (Wildman–Crippen MR) is 145 cm³/mol. The Labute approximate surface area is 210 Å². The molecule has 3 aromatic carbocycles. The zero-order valence-electron chi connectivity index (χ0n) is 19.0. The van der Waals surface area contributed by atoms with Crippen LogP contribution in [0.25, 0.3) is 33.4 Å². The van der Waals surface area contributed by atoms with Gasteiger partial charge in [0.2, 0.25) is 0 Å². The summed E-state index contributed by atoms with van der Waals surface area (Å²) < 4.78 is 0.894. The second-order valence-electron chi connectivity index (χ2n) is 8.33. The summed E-state index contributed by atoms with van der Waals surface area (Å²) in [5, 5.41) is 4.39. The number of hydrogen-bond acceptors (Lipinski definition) is 4. The Hall–Kier alpha value is -3.35. The third kappa shape index (κ3) is 4.52. The summed E-state index contributed by atoms with van der Waals surface area (Å²) in [6.45, 7) is 6.14. The first-order valence-electron chi connectivity index (χ1n) is 10.9. The van der Waals surface area contributed by atoms with Gasteiger partial charge < -0.3 is 0 Å². The highest BCUT2D eigenvalue weighted by molar-refractivity contribution is 9.10. The van der Waals surface area contributed by atoms with Gasteiger partial charge in [-0.05, 0) is 45.0 Å². The lowest BCUT2D eigenvalue weighted by molar-refractivity contribution is 0.102. The van der Waals surface area contributed by atoms with Gasteiger partial charge in [0, 0.05) is 25.9 Å². The lowest BCUT2D eigenvalue weighted by Crippen LogP contribution is -2.13. The van der Waals surface area contributed by atoms with Gasteiger partial charge in [-0.25, -0.2) is 9.97 Å². The van der Waals surface area contributed by atoms with Gasteiger partial charge in [0.25, 0.3) is 5.91 Å². The quantitative estimate of drug-likeness (QED) is 0.257. The first-order chi connectivity index (χ1) is 16.4. The summed E-state index contributed by atoms with van der Waals surface area (Å²) in [6, 6.07) is 24.1. The number of nitrogens with zero attached hydrogens (tertiary/aromatic N) is 2. The van der Waals surface area contributed by atoms with Crippen molar-refractivity contribution in [3.05, 3.63) is 98.8 Å². The maximum Gasteiger partial charge on any atom is 0.258 e. The van der Waals surface area contributed by atoms with Gasteiger partial charge in [-0.15, -0.1) is 11.3 Å². The molecular weight excluding hydrogens is 506 g/mol. The van der Waals surface area contributed by atoms with E-state index in [4.69, 9.17) is 9.97 Å². The Balaban J connectivity index is 1.54. The molecular formula is C28H22BrN3OS. The van der Waals surface area contributed by atoms with Crippen molar-refractivity contribution in [3.8, 4) is 22.5 Å². The number of fused-ring (bicyclic) bond motifs is 1. The van der Waals surface area contributed by atoms with Gasteiger partial charge in [-0.3, -0.25) is 10.1 Å². The summed E-state index contributed by atoms with van der Waals surface area (Å²) in [5.74, 6) is -0.205. The van der Waals surface area contributed by atoms with E-state index in [1.54, 1.807) is 0 Å². The first kappa shape index (κ1) is 22.4. The number of nitrogens with one attached hydrogen (secondary N) is 1. The minimum Gasteiger partial charge on any atom is -0.298 e. The maximum atomic E-state index is 13.5. The van der Waals surface area contributed by atoms with Gasteiger partial charge in [0.15, 0.2) is 5.13 Å². The molecule has 168 valence electrons. The number of benzene rings is 3. The molecule has 5 rings (SSSR count). The molecule has 0 saturated carbocycles. The van der Waals surface area contributed by atoms with Gasteiger partial charge in [0.05, 0.1) is 22.5 Å². The number of rotatable bonds is 4. The van der Waals surface area contributed by atoms with Crippen LogP contribution in [0.2, 0.25) is 0 Å². The molecule has 0 aliphatic rings. The molecule has 0 saturated heterocycles. The number of anilines is 1. The van der Waals surface area contributed by atoms with Crippen LogP contribution in [0, 0.1) is 20.8 Å². The zero-order valence-corrected chi connectivity index (χ0v) is 21.4. The number of aromatic nitrogens is 2. The molecule has 2 aromatic heterocycles. The van der Waals surface area contributed by atoms with Crippen LogP contribution in [-0.4, -0.2) is 15.9 Å². The largest absolute Gasteiger partial charge is 0.298 e. The average molecular weight is 528 g/mol. The van der Waals surface area contributed by atoms with Crippen molar-refractivity contribution >= 4 is 49.2 Å². The van der Waals surface area contributed by atoms with Crippen molar-refractivity contribution in [2.24, 2.45) is 0 Å². The van der Waals surface area contributed by atoms with Crippen LogP contribution in [0.1, 0.15) is 26.4 Å². The average Bonchev–Trinajstić information content (AvgIpc) is 3.19. The highest BCUT2D eigenvalue weighted by Crippen LogP contribution is 2.32. The van der Waals surface area contributed by atoms with Crippen molar-refractivity contribution in [3.63, 3.8) is 0 Å². The zero-order chi connectivity index (χ0) is 23.8. The summed E-state index contributed by atoms with van der Waals surface area (Å²) >= 11 is 5.01. The number of pyridine rings is 1. The summed E-state index contributed by atoms with van der Waals surface area (Å²) in [6.07, 6.45) is 0. The highest BCUT2D eigenvalue weighted by Gasteiger charge is 2.17. The molecule has 6 heteroatoms. The summed E-state index contributed by atoms with van der Waals surface area (Å²) in [7, 11) is 0. The fourth-order valence-electron chi connectivity index (χ4n) is 3.85. The standard InChI is InChI=1S/C28H22BrN3OS/c1-16-4-8-19(9-5-16)25-15-23(22-14-21(29)12-13-24(22)30-25)27(33)32-28-31-26(18(3)34-28)20-10-6-17(2)7-11-20/h4-15H,1-3H3,(H,31,32,33). The number of hydrogen-bond donors (Lipinski definition) is 1. The van der Waals surface area contributed by atoms with Crippen LogP contribution in [-0.2, 0) is 0 Å². The molecule has 0 aliphatic heterocycles. The van der Waals surface area contributed by atoms with E-state index in [1.165, 1.54) is 22.5 Å². The third-order valence-corrected chi connectivity index (χ3v) is 7.08. The molecule has 0 fully saturated rings. The van der Waals surface area contributed by atoms with Crippen LogP contribution in [0.5, 0.6) is 0 Å². The Morgan fingerprint density at radius 2 is 1.47 bits per heavy atom. The van der Waals surface area contributed by atoms with Gasteiger partial charge in [-0.1, -0.05) is 75.6 Å². The second kappa shape index (κ2) is 9.12. The SMILES string of the molecule is Cc1ccc(-c2cc(C(=O)Nc3nc(-c4ccc(C)cc4)c(C)s3)c3cc(Br)ccc3n2)cc1. The van der Waals surface area contributed by atoms with Crippen molar-refractivity contribution in [2.75, 3.05) is 5.32 Å². The van der Waals surface area contributed by atoms with Crippen LogP contribution >= 0.6 is 27.3 Å². The van der Waals surface area contributed by atoms with E-state index >= 15 is 0 Å². The molecule has 34 heavy (non-hydrogen) atoms. The molecule has 0 aliphatic carbocycles. The minimum atomic E-state index is -0.205. The smallest absolute Gasteiger partial charge is 0.258 e. The normalized spacial score (nSPS) is 11.1. The van der Waals surface area contributed by atoms with E-state index in [0.717, 1.165) is 42.8 Å². The van der Waals surface area contributed by atoms with Gasteiger partial charge >= 0.3 is 0 Å². The van der Waals surface area contributed by atoms with Crippen molar-refractivity contribution < 1.29 is 4.79 Å². The van der Waals surface area contributed by atoms with Crippen molar-refractivity contribution in [1.82, 2.24) is 9.97 Å². The van der Waals surface area contributed by atoms with Gasteiger partial charge in [0.1, 0.15) is 0 Å². The molecule has 0 unspecified atom stereocenters. The number of carbonyl (C=O) groups is 1. The fourth-order valence-corrected chi connectivity index (χ4v) is 5.04. The molecule has 0 bridgehead atoms. The van der Waals surface area contributed by atoms with E-state index in [1.807, 2.05) is 55.5 Å². The van der Waals surface area contributed by atoms with E-state index in [-0.39, 0.29) is 5.91 Å². The highest BCUT2D eigenvalue weighted by atomic mass is 79.9. The molecule has 0 radical (unpaired) electrons. The second-order valence-corrected chi connectivity index (χ2v) is 10.4. The predicted octanol–water partition coefficient (Wildman–Crippen LogP) is 7.97. The number of amides is 1. The molecule has 2 heterocycles. The number of aryl methyl sites for hydroxylation is 3. The van der Waals surface area contributed by atoms with Gasteiger partial charge in [-0.2, -0.15) is 0 Å². The van der Waals surface area contributed by atoms with Crippen LogP contribution in [0.4, 0.5) is 5.13 Å². The van der Waals surface area contributed by atoms with Crippen LogP contribution in [0.3, 0.4) is 0 Å². The number of halogens is 1. The molecule has 1 N–H and O–H groups in total. The topological polar surface area (TPSA) is 54.9 Å². The molecule has 0 atom stereocenters. The molecule has 1 amide bonds. The van der Waals surface area contributed by atoms with E-state index in [0.29, 0.717) is 10.7 Å². The number of thiazole rings is 1. The maximum absolute atomic E-state index is 13.5. The lowest BCUT2D eigenvalue weighted by Gasteiger charge is -2.10. The summed E-state index contributed by atoms with van der Waals surface area (Å²) in [4.78, 5) is 24.1. The minimum absolute atomic E-state index is 0.205. The molecule has 5 aromatic rings. The van der Waals surface area contributed by atoms with Crippen molar-refractivity contribution in [1.29, 1.82) is 0 Å². The summed E-state index contributed by atoms with van der Waals surface area (Å²) in [5.41, 5.74) is 7.36. The first-order valence-corrected chi connectivity index (χ1v) is 12.5. The Morgan fingerprint density at radius 1 is 0.824 bits per heavy atom. The Kier molecular flexibility index (Phi) is 6.02. The Morgan fingerprint density at radius 3 is 2.15 bits per heavy atom. The van der Waals surface area contributed by atoms with Crippen LogP contribution in [0.15, 0.2) is 77.3 Å². The molecule has 0 spiro atoms. The van der Waals surface area contributed by atoms with E-state index < -0.39 is 0 Å². The third-order valence-electron chi connectivity index (χ3n) is 5.70. The Bertz CT molecular complexity index is 1520. The van der Waals surface area contributed by atoms with Crippen molar-refractivity contribution in [2.45, 2.75) is 20.8 Å².